The molecule has 0 atom stereocenters. The molecule has 0 aliphatic carbocycles. The minimum atomic E-state index is -1.04. The molecule has 0 unspecified atom stereocenters. The predicted octanol–water partition coefficient (Wildman–Crippen LogP) is 1.89. The van der Waals surface area contributed by atoms with E-state index in [0.29, 0.717) is 5.69 Å². The third kappa shape index (κ3) is 2.13. The van der Waals surface area contributed by atoms with Crippen molar-refractivity contribution in [2.75, 3.05) is 7.11 Å². The summed E-state index contributed by atoms with van der Waals surface area (Å²) in [6.07, 6.45) is 0. The fourth-order valence-electron chi connectivity index (χ4n) is 1.49. The van der Waals surface area contributed by atoms with E-state index in [1.807, 2.05) is 31.2 Å². The summed E-state index contributed by atoms with van der Waals surface area (Å²) in [5, 5.41) is 13.1. The smallest absolute Gasteiger partial charge is 0.354 e. The lowest BCUT2D eigenvalue weighted by molar-refractivity contribution is 0.0687. The zero-order chi connectivity index (χ0) is 12.4. The minimum Gasteiger partial charge on any atom is -0.480 e. The molecule has 1 aromatic heterocycles. The summed E-state index contributed by atoms with van der Waals surface area (Å²) in [6.45, 7) is 1.96. The van der Waals surface area contributed by atoms with Crippen molar-refractivity contribution in [2.24, 2.45) is 0 Å². The lowest BCUT2D eigenvalue weighted by Crippen LogP contribution is -2.07. The maximum atomic E-state index is 11.1. The van der Waals surface area contributed by atoms with Gasteiger partial charge in [-0.2, -0.15) is 0 Å². The van der Waals surface area contributed by atoms with E-state index in [2.05, 4.69) is 5.10 Å². The number of rotatable bonds is 3. The SMILES string of the molecule is COc1cc(C(=O)O)n(-c2ccc(C)cc2)n1. The minimum absolute atomic E-state index is 0.0747. The Balaban J connectivity index is 2.53. The molecule has 0 fully saturated rings. The van der Waals surface area contributed by atoms with Crippen LogP contribution in [0, 0.1) is 6.92 Å². The number of benzene rings is 1. The monoisotopic (exact) mass is 232 g/mol. The summed E-state index contributed by atoms with van der Waals surface area (Å²) in [4.78, 5) is 11.1. The molecule has 5 nitrogen and oxygen atoms in total. The Kier molecular flexibility index (Phi) is 2.82. The molecule has 1 aromatic carbocycles. The highest BCUT2D eigenvalue weighted by Gasteiger charge is 2.15. The van der Waals surface area contributed by atoms with Crippen LogP contribution >= 0.6 is 0 Å². The molecule has 17 heavy (non-hydrogen) atoms. The number of carboxylic acids is 1. The molecule has 1 heterocycles. The summed E-state index contributed by atoms with van der Waals surface area (Å²) < 4.78 is 6.28. The fourth-order valence-corrected chi connectivity index (χ4v) is 1.49. The van der Waals surface area contributed by atoms with E-state index >= 15 is 0 Å². The highest BCUT2D eigenvalue weighted by atomic mass is 16.5. The molecule has 0 saturated carbocycles. The van der Waals surface area contributed by atoms with E-state index in [-0.39, 0.29) is 11.6 Å². The van der Waals surface area contributed by atoms with Gasteiger partial charge in [0.1, 0.15) is 0 Å². The van der Waals surface area contributed by atoms with Gasteiger partial charge in [-0.15, -0.1) is 5.10 Å². The topological polar surface area (TPSA) is 64.3 Å². The number of aromatic carboxylic acids is 1. The van der Waals surface area contributed by atoms with Crippen LogP contribution in [0.5, 0.6) is 5.88 Å². The molecule has 0 aliphatic heterocycles. The summed E-state index contributed by atoms with van der Waals surface area (Å²) >= 11 is 0. The van der Waals surface area contributed by atoms with Crippen LogP contribution in [0.4, 0.5) is 0 Å². The van der Waals surface area contributed by atoms with E-state index in [4.69, 9.17) is 9.84 Å². The number of aryl methyl sites for hydroxylation is 1. The fraction of sp³-hybridized carbons (Fsp3) is 0.167. The van der Waals surface area contributed by atoms with Crippen LogP contribution in [0.3, 0.4) is 0 Å². The molecule has 2 aromatic rings. The number of methoxy groups -OCH3 is 1. The van der Waals surface area contributed by atoms with Gasteiger partial charge in [-0.25, -0.2) is 9.48 Å². The maximum Gasteiger partial charge on any atom is 0.354 e. The molecule has 2 rings (SSSR count). The zero-order valence-corrected chi connectivity index (χ0v) is 9.54. The van der Waals surface area contributed by atoms with Gasteiger partial charge in [-0.05, 0) is 19.1 Å². The molecule has 0 bridgehead atoms. The van der Waals surface area contributed by atoms with Gasteiger partial charge in [0.05, 0.1) is 12.8 Å². The van der Waals surface area contributed by atoms with Crippen LogP contribution in [0.15, 0.2) is 30.3 Å². The third-order valence-corrected chi connectivity index (χ3v) is 2.39. The second kappa shape index (κ2) is 4.29. The van der Waals surface area contributed by atoms with Crippen LogP contribution in [-0.4, -0.2) is 28.0 Å². The second-order valence-electron chi connectivity index (χ2n) is 3.62. The van der Waals surface area contributed by atoms with E-state index < -0.39 is 5.97 Å². The van der Waals surface area contributed by atoms with E-state index in [9.17, 15) is 4.79 Å². The molecule has 88 valence electrons. The Labute approximate surface area is 98.3 Å². The number of aromatic nitrogens is 2. The van der Waals surface area contributed by atoms with Crippen molar-refractivity contribution < 1.29 is 14.6 Å². The van der Waals surface area contributed by atoms with Gasteiger partial charge in [0.15, 0.2) is 5.69 Å². The molecule has 0 amide bonds. The molecule has 0 spiro atoms. The first-order chi connectivity index (χ1) is 8.11. The molecular weight excluding hydrogens is 220 g/mol. The van der Waals surface area contributed by atoms with Crippen molar-refractivity contribution in [2.45, 2.75) is 6.92 Å². The molecule has 0 aliphatic rings. The number of ether oxygens (including phenoxy) is 1. The summed E-state index contributed by atoms with van der Waals surface area (Å²) in [7, 11) is 1.45. The van der Waals surface area contributed by atoms with Gasteiger partial charge in [0.25, 0.3) is 0 Å². The maximum absolute atomic E-state index is 11.1. The summed E-state index contributed by atoms with van der Waals surface area (Å²) in [6, 6.07) is 8.81. The molecule has 0 saturated heterocycles. The highest BCUT2D eigenvalue weighted by molar-refractivity contribution is 5.86. The van der Waals surface area contributed by atoms with Gasteiger partial charge in [-0.1, -0.05) is 17.7 Å². The van der Waals surface area contributed by atoms with Crippen LogP contribution in [0.1, 0.15) is 16.1 Å². The highest BCUT2D eigenvalue weighted by Crippen LogP contribution is 2.17. The Morgan fingerprint density at radius 1 is 1.35 bits per heavy atom. The number of carbonyl (C=O) groups is 1. The van der Waals surface area contributed by atoms with Crippen LogP contribution in [0.2, 0.25) is 0 Å². The van der Waals surface area contributed by atoms with Gasteiger partial charge >= 0.3 is 5.97 Å². The van der Waals surface area contributed by atoms with Gasteiger partial charge < -0.3 is 9.84 Å². The molecule has 0 radical (unpaired) electrons. The van der Waals surface area contributed by atoms with Crippen LogP contribution in [-0.2, 0) is 0 Å². The van der Waals surface area contributed by atoms with E-state index in [1.54, 1.807) is 0 Å². The molecule has 5 heteroatoms. The predicted molar refractivity (Wildman–Crippen MR) is 61.8 cm³/mol. The van der Waals surface area contributed by atoms with Gasteiger partial charge in [0.2, 0.25) is 5.88 Å². The Hall–Kier alpha value is -2.30. The van der Waals surface area contributed by atoms with E-state index in [0.717, 1.165) is 5.56 Å². The lowest BCUT2D eigenvalue weighted by atomic mass is 10.2. The van der Waals surface area contributed by atoms with Crippen molar-refractivity contribution in [3.63, 3.8) is 0 Å². The van der Waals surface area contributed by atoms with Crippen LogP contribution < -0.4 is 4.74 Å². The second-order valence-corrected chi connectivity index (χ2v) is 3.62. The van der Waals surface area contributed by atoms with Crippen molar-refractivity contribution in [1.82, 2.24) is 9.78 Å². The number of hydrogen-bond donors (Lipinski definition) is 1. The first kappa shape index (κ1) is 11.2. The zero-order valence-electron chi connectivity index (χ0n) is 9.54. The van der Waals surface area contributed by atoms with Gasteiger partial charge in [0, 0.05) is 6.07 Å². The first-order valence-electron chi connectivity index (χ1n) is 5.06. The first-order valence-corrected chi connectivity index (χ1v) is 5.06. The van der Waals surface area contributed by atoms with Crippen molar-refractivity contribution in [3.05, 3.63) is 41.6 Å². The number of hydrogen-bond acceptors (Lipinski definition) is 3. The van der Waals surface area contributed by atoms with Crippen molar-refractivity contribution in [3.8, 4) is 11.6 Å². The van der Waals surface area contributed by atoms with E-state index in [1.165, 1.54) is 17.9 Å². The standard InChI is InChI=1S/C12H12N2O3/c1-8-3-5-9(6-4-8)14-10(12(15)16)7-11(13-14)17-2/h3-7H,1-2H3,(H,15,16). The Morgan fingerprint density at radius 3 is 2.53 bits per heavy atom. The number of nitrogens with zero attached hydrogens (tertiary/aromatic N) is 2. The van der Waals surface area contributed by atoms with Crippen molar-refractivity contribution in [1.29, 1.82) is 0 Å². The Morgan fingerprint density at radius 2 is 2.00 bits per heavy atom. The summed E-state index contributed by atoms with van der Waals surface area (Å²) in [5.74, 6) is -0.760. The molecule has 1 N–H and O–H groups in total. The summed E-state index contributed by atoms with van der Waals surface area (Å²) in [5.41, 5.74) is 1.87. The van der Waals surface area contributed by atoms with Gasteiger partial charge in [-0.3, -0.25) is 0 Å². The lowest BCUT2D eigenvalue weighted by Gasteiger charge is -2.04. The quantitative estimate of drug-likeness (QED) is 0.877. The molecular formula is C12H12N2O3. The van der Waals surface area contributed by atoms with Crippen molar-refractivity contribution >= 4 is 5.97 Å². The third-order valence-electron chi connectivity index (χ3n) is 2.39. The average molecular weight is 232 g/mol. The Bertz CT molecular complexity index is 543. The number of carboxylic acid groups (broad SMARTS) is 1. The normalized spacial score (nSPS) is 10.2. The average Bonchev–Trinajstić information content (AvgIpc) is 2.74. The van der Waals surface area contributed by atoms with Crippen LogP contribution in [0.25, 0.3) is 5.69 Å². The largest absolute Gasteiger partial charge is 0.480 e.